The molecule has 0 radical (unpaired) electrons. The maximum Gasteiger partial charge on any atom is 0.255 e. The van der Waals surface area contributed by atoms with Crippen LogP contribution < -0.4 is 10.6 Å². The molecule has 0 aliphatic rings. The Morgan fingerprint density at radius 2 is 1.63 bits per heavy atom. The van der Waals surface area contributed by atoms with Crippen molar-refractivity contribution in [3.8, 4) is 16.9 Å². The monoisotopic (exact) mass is 414 g/mol. The zero-order chi connectivity index (χ0) is 20.8. The minimum Gasteiger partial charge on any atom is -0.506 e. The lowest BCUT2D eigenvalue weighted by Gasteiger charge is -2.10. The van der Waals surface area contributed by atoms with Crippen LogP contribution in [-0.4, -0.2) is 11.0 Å². The van der Waals surface area contributed by atoms with Gasteiger partial charge in [-0.25, -0.2) is 0 Å². The Hall–Kier alpha value is -3.41. The highest BCUT2D eigenvalue weighted by Crippen LogP contribution is 2.30. The maximum absolute atomic E-state index is 12.7. The fourth-order valence-corrected chi connectivity index (χ4v) is 3.83. The molecule has 4 aromatic rings. The van der Waals surface area contributed by atoms with Crippen LogP contribution in [0.5, 0.6) is 5.75 Å². The molecule has 30 heavy (non-hydrogen) atoms. The van der Waals surface area contributed by atoms with Crippen LogP contribution in [0.4, 0.5) is 5.69 Å². The van der Waals surface area contributed by atoms with Crippen LogP contribution in [0.15, 0.2) is 90.3 Å². The van der Waals surface area contributed by atoms with E-state index in [4.69, 9.17) is 0 Å². The second-order valence-electron chi connectivity index (χ2n) is 6.93. The Morgan fingerprint density at radius 1 is 0.833 bits per heavy atom. The van der Waals surface area contributed by atoms with E-state index in [1.807, 2.05) is 54.6 Å². The number of phenols is 1. The van der Waals surface area contributed by atoms with E-state index in [1.165, 1.54) is 4.88 Å². The number of carbonyl (C=O) groups excluding carboxylic acids is 1. The van der Waals surface area contributed by atoms with Gasteiger partial charge in [0.05, 0.1) is 5.69 Å². The Morgan fingerprint density at radius 3 is 2.37 bits per heavy atom. The van der Waals surface area contributed by atoms with Crippen molar-refractivity contribution in [2.45, 2.75) is 13.1 Å². The smallest absolute Gasteiger partial charge is 0.255 e. The molecule has 0 aliphatic heterocycles. The van der Waals surface area contributed by atoms with Crippen molar-refractivity contribution in [3.63, 3.8) is 0 Å². The van der Waals surface area contributed by atoms with E-state index < -0.39 is 0 Å². The quantitative estimate of drug-likeness (QED) is 0.342. The van der Waals surface area contributed by atoms with Crippen LogP contribution in [0.2, 0.25) is 0 Å². The number of hydrogen-bond acceptors (Lipinski definition) is 4. The Kier molecular flexibility index (Phi) is 6.23. The summed E-state index contributed by atoms with van der Waals surface area (Å²) in [5.74, 6) is -0.217. The largest absolute Gasteiger partial charge is 0.506 e. The lowest BCUT2D eigenvalue weighted by Crippen LogP contribution is -2.14. The van der Waals surface area contributed by atoms with Crippen LogP contribution in [0.25, 0.3) is 11.1 Å². The van der Waals surface area contributed by atoms with E-state index in [1.54, 1.807) is 35.6 Å². The number of hydrogen-bond donors (Lipinski definition) is 3. The van der Waals surface area contributed by atoms with E-state index in [0.29, 0.717) is 11.3 Å². The molecule has 1 amide bonds. The first-order valence-corrected chi connectivity index (χ1v) is 10.6. The number of phenolic OH excluding ortho intramolecular Hbond substituents is 1. The summed E-state index contributed by atoms with van der Waals surface area (Å²) >= 11 is 1.73. The minimum atomic E-state index is -0.256. The summed E-state index contributed by atoms with van der Waals surface area (Å²) in [5, 5.41) is 18.5. The average Bonchev–Trinajstić information content (AvgIpc) is 3.30. The number of aromatic hydroxyl groups is 1. The number of benzene rings is 3. The third kappa shape index (κ3) is 4.95. The molecule has 1 aromatic heterocycles. The molecule has 0 spiro atoms. The van der Waals surface area contributed by atoms with Gasteiger partial charge in [0.15, 0.2) is 0 Å². The van der Waals surface area contributed by atoms with Gasteiger partial charge < -0.3 is 15.7 Å². The van der Waals surface area contributed by atoms with Gasteiger partial charge in [0.1, 0.15) is 5.75 Å². The van der Waals surface area contributed by atoms with Crippen LogP contribution >= 0.6 is 11.3 Å². The summed E-state index contributed by atoms with van der Waals surface area (Å²) in [6.45, 7) is 1.57. The molecule has 0 atom stereocenters. The number of amides is 1. The lowest BCUT2D eigenvalue weighted by atomic mass is 10.0. The summed E-state index contributed by atoms with van der Waals surface area (Å²) in [7, 11) is 0. The van der Waals surface area contributed by atoms with Crippen molar-refractivity contribution >= 4 is 22.9 Å². The summed E-state index contributed by atoms with van der Waals surface area (Å²) in [5.41, 5.74) is 3.99. The molecule has 3 aromatic carbocycles. The lowest BCUT2D eigenvalue weighted by molar-refractivity contribution is 0.102. The van der Waals surface area contributed by atoms with Crippen LogP contribution in [0, 0.1) is 0 Å². The third-order valence-corrected chi connectivity index (χ3v) is 5.65. The molecule has 0 bridgehead atoms. The number of carbonyl (C=O) groups is 1. The Balaban J connectivity index is 1.40. The highest BCUT2D eigenvalue weighted by Gasteiger charge is 2.10. The van der Waals surface area contributed by atoms with Gasteiger partial charge in [-0.3, -0.25) is 4.79 Å². The molecule has 0 saturated carbocycles. The molecule has 3 N–H and O–H groups in total. The molecule has 0 fully saturated rings. The van der Waals surface area contributed by atoms with Gasteiger partial charge in [-0.15, -0.1) is 11.3 Å². The second kappa shape index (κ2) is 9.39. The van der Waals surface area contributed by atoms with Crippen molar-refractivity contribution in [2.24, 2.45) is 0 Å². The SMILES string of the molecule is O=C(Nc1cc(-c2ccccc2)ccc1O)c1ccc(CNCc2cccs2)cc1. The van der Waals surface area contributed by atoms with Crippen molar-refractivity contribution in [3.05, 3.63) is 106 Å². The van der Waals surface area contributed by atoms with E-state index in [-0.39, 0.29) is 11.7 Å². The second-order valence-corrected chi connectivity index (χ2v) is 7.96. The van der Waals surface area contributed by atoms with Crippen LogP contribution in [0.1, 0.15) is 20.8 Å². The Labute approximate surface area is 179 Å². The standard InChI is InChI=1S/C25H22N2O2S/c28-24-13-12-21(19-5-2-1-3-6-19)15-23(24)27-25(29)20-10-8-18(9-11-20)16-26-17-22-7-4-14-30-22/h1-15,26,28H,16-17H2,(H,27,29). The van der Waals surface area contributed by atoms with Gasteiger partial charge in [-0.1, -0.05) is 54.6 Å². The molecule has 150 valence electrons. The van der Waals surface area contributed by atoms with Crippen molar-refractivity contribution in [2.75, 3.05) is 5.32 Å². The zero-order valence-electron chi connectivity index (χ0n) is 16.3. The summed E-state index contributed by atoms with van der Waals surface area (Å²) in [6, 6.07) is 26.7. The highest BCUT2D eigenvalue weighted by atomic mass is 32.1. The first-order chi connectivity index (χ1) is 14.7. The number of thiophene rings is 1. The summed E-state index contributed by atoms with van der Waals surface area (Å²) in [6.07, 6.45) is 0. The average molecular weight is 415 g/mol. The number of nitrogens with one attached hydrogen (secondary N) is 2. The molecule has 0 aliphatic carbocycles. The third-order valence-electron chi connectivity index (χ3n) is 4.78. The normalized spacial score (nSPS) is 10.7. The fraction of sp³-hybridized carbons (Fsp3) is 0.0800. The molecule has 5 heteroatoms. The van der Waals surface area contributed by atoms with Crippen molar-refractivity contribution < 1.29 is 9.90 Å². The molecular formula is C25H22N2O2S. The first-order valence-electron chi connectivity index (χ1n) is 9.71. The van der Waals surface area contributed by atoms with Gasteiger partial charge in [-0.2, -0.15) is 0 Å². The summed E-state index contributed by atoms with van der Waals surface area (Å²) in [4.78, 5) is 14.0. The molecule has 4 nitrogen and oxygen atoms in total. The maximum atomic E-state index is 12.7. The van der Waals surface area contributed by atoms with Crippen LogP contribution in [-0.2, 0) is 13.1 Å². The number of rotatable bonds is 7. The minimum absolute atomic E-state index is 0.0393. The van der Waals surface area contributed by atoms with Gasteiger partial charge in [0, 0.05) is 23.5 Å². The van der Waals surface area contributed by atoms with E-state index in [2.05, 4.69) is 22.1 Å². The first kappa shape index (κ1) is 19.9. The van der Waals surface area contributed by atoms with E-state index >= 15 is 0 Å². The van der Waals surface area contributed by atoms with Crippen molar-refractivity contribution in [1.82, 2.24) is 5.32 Å². The van der Waals surface area contributed by atoms with Gasteiger partial charge in [0.25, 0.3) is 5.91 Å². The molecule has 4 rings (SSSR count). The topological polar surface area (TPSA) is 61.4 Å². The Bertz CT molecular complexity index is 1110. The summed E-state index contributed by atoms with van der Waals surface area (Å²) < 4.78 is 0. The number of anilines is 1. The van der Waals surface area contributed by atoms with Gasteiger partial charge in [0.2, 0.25) is 0 Å². The molecule has 1 heterocycles. The predicted molar refractivity (Wildman–Crippen MR) is 123 cm³/mol. The molecule has 0 saturated heterocycles. The fourth-order valence-electron chi connectivity index (χ4n) is 3.16. The van der Waals surface area contributed by atoms with Crippen LogP contribution in [0.3, 0.4) is 0 Å². The van der Waals surface area contributed by atoms with E-state index in [9.17, 15) is 9.90 Å². The molecule has 0 unspecified atom stereocenters. The van der Waals surface area contributed by atoms with Gasteiger partial charge >= 0.3 is 0 Å². The van der Waals surface area contributed by atoms with Crippen molar-refractivity contribution in [1.29, 1.82) is 0 Å². The van der Waals surface area contributed by atoms with Gasteiger partial charge in [-0.05, 0) is 52.4 Å². The highest BCUT2D eigenvalue weighted by molar-refractivity contribution is 7.09. The zero-order valence-corrected chi connectivity index (χ0v) is 17.2. The molecular weight excluding hydrogens is 392 g/mol. The van der Waals surface area contributed by atoms with E-state index in [0.717, 1.165) is 29.8 Å². The predicted octanol–water partition coefficient (Wildman–Crippen LogP) is 5.66.